The Morgan fingerprint density at radius 3 is 2.41 bits per heavy atom. The molecule has 0 bridgehead atoms. The fourth-order valence-corrected chi connectivity index (χ4v) is 2.51. The van der Waals surface area contributed by atoms with Gasteiger partial charge in [-0.3, -0.25) is 4.79 Å². The summed E-state index contributed by atoms with van der Waals surface area (Å²) in [6, 6.07) is 12.5. The van der Waals surface area contributed by atoms with Crippen molar-refractivity contribution in [1.82, 2.24) is 5.32 Å². The molecule has 0 aliphatic carbocycles. The lowest BCUT2D eigenvalue weighted by atomic mass is 10.1. The van der Waals surface area contributed by atoms with Crippen molar-refractivity contribution >= 4 is 29.1 Å². The SMILES string of the molecule is COc1ccc(Cl)cc1CC(=O)N[C@@H](C)c1ccc(Cl)cc1. The summed E-state index contributed by atoms with van der Waals surface area (Å²) in [6.07, 6.45) is 0.210. The van der Waals surface area contributed by atoms with E-state index in [0.717, 1.165) is 11.1 Å². The van der Waals surface area contributed by atoms with Crippen molar-refractivity contribution in [2.45, 2.75) is 19.4 Å². The molecule has 2 rings (SSSR count). The molecule has 0 aromatic heterocycles. The summed E-state index contributed by atoms with van der Waals surface area (Å²) in [5, 5.41) is 4.20. The number of methoxy groups -OCH3 is 1. The van der Waals surface area contributed by atoms with Crippen LogP contribution in [0.15, 0.2) is 42.5 Å². The first-order valence-electron chi connectivity index (χ1n) is 6.87. The van der Waals surface area contributed by atoms with Gasteiger partial charge in [0, 0.05) is 15.6 Å². The summed E-state index contributed by atoms with van der Waals surface area (Å²) in [4.78, 5) is 12.2. The molecule has 22 heavy (non-hydrogen) atoms. The monoisotopic (exact) mass is 337 g/mol. The van der Waals surface area contributed by atoms with Gasteiger partial charge in [-0.2, -0.15) is 0 Å². The smallest absolute Gasteiger partial charge is 0.225 e. The Hall–Kier alpha value is -1.71. The zero-order valence-electron chi connectivity index (χ0n) is 12.4. The number of carbonyl (C=O) groups is 1. The minimum absolute atomic E-state index is 0.0944. The van der Waals surface area contributed by atoms with Gasteiger partial charge in [0.15, 0.2) is 0 Å². The van der Waals surface area contributed by atoms with Gasteiger partial charge < -0.3 is 10.1 Å². The number of hydrogen-bond acceptors (Lipinski definition) is 2. The standard InChI is InChI=1S/C17H17Cl2NO2/c1-11(12-3-5-14(18)6-4-12)20-17(21)10-13-9-15(19)7-8-16(13)22-2/h3-9,11H,10H2,1-2H3,(H,20,21)/t11-/m0/s1. The maximum atomic E-state index is 12.2. The summed E-state index contributed by atoms with van der Waals surface area (Å²) in [5.41, 5.74) is 1.76. The van der Waals surface area contributed by atoms with Gasteiger partial charge in [0.1, 0.15) is 5.75 Å². The molecule has 1 N–H and O–H groups in total. The number of benzene rings is 2. The lowest BCUT2D eigenvalue weighted by Gasteiger charge is -2.15. The lowest BCUT2D eigenvalue weighted by Crippen LogP contribution is -2.28. The van der Waals surface area contributed by atoms with Gasteiger partial charge >= 0.3 is 0 Å². The van der Waals surface area contributed by atoms with Gasteiger partial charge in [-0.15, -0.1) is 0 Å². The minimum atomic E-state index is -0.102. The van der Waals surface area contributed by atoms with Crippen LogP contribution in [0.5, 0.6) is 5.75 Å². The zero-order chi connectivity index (χ0) is 16.1. The summed E-state index contributed by atoms with van der Waals surface area (Å²) >= 11 is 11.8. The number of nitrogens with one attached hydrogen (secondary N) is 1. The quantitative estimate of drug-likeness (QED) is 0.876. The summed E-state index contributed by atoms with van der Waals surface area (Å²) < 4.78 is 5.25. The molecule has 0 fully saturated rings. The Labute approximate surface area is 140 Å². The molecule has 0 aliphatic rings. The molecule has 0 saturated heterocycles. The first kappa shape index (κ1) is 16.7. The van der Waals surface area contributed by atoms with E-state index < -0.39 is 0 Å². The van der Waals surface area contributed by atoms with Crippen molar-refractivity contribution in [3.05, 3.63) is 63.6 Å². The van der Waals surface area contributed by atoms with E-state index in [0.29, 0.717) is 15.8 Å². The Bertz CT molecular complexity index is 656. The van der Waals surface area contributed by atoms with Crippen molar-refractivity contribution in [2.24, 2.45) is 0 Å². The van der Waals surface area contributed by atoms with Crippen LogP contribution in [-0.2, 0) is 11.2 Å². The zero-order valence-corrected chi connectivity index (χ0v) is 13.9. The molecule has 2 aromatic carbocycles. The van der Waals surface area contributed by atoms with Crippen LogP contribution in [0.4, 0.5) is 0 Å². The predicted octanol–water partition coefficient (Wildman–Crippen LogP) is 4.42. The third-order valence-corrected chi connectivity index (χ3v) is 3.83. The minimum Gasteiger partial charge on any atom is -0.496 e. The van der Waals surface area contributed by atoms with E-state index in [4.69, 9.17) is 27.9 Å². The van der Waals surface area contributed by atoms with Crippen LogP contribution in [0.1, 0.15) is 24.1 Å². The van der Waals surface area contributed by atoms with Gasteiger partial charge in [-0.05, 0) is 42.8 Å². The van der Waals surface area contributed by atoms with Crippen molar-refractivity contribution in [3.8, 4) is 5.75 Å². The number of ether oxygens (including phenoxy) is 1. The number of carbonyl (C=O) groups excluding carboxylic acids is 1. The van der Waals surface area contributed by atoms with Gasteiger partial charge in [0.2, 0.25) is 5.91 Å². The number of hydrogen-bond donors (Lipinski definition) is 1. The van der Waals surface area contributed by atoms with Gasteiger partial charge in [0.25, 0.3) is 0 Å². The van der Waals surface area contributed by atoms with Crippen molar-refractivity contribution in [1.29, 1.82) is 0 Å². The topological polar surface area (TPSA) is 38.3 Å². The largest absolute Gasteiger partial charge is 0.496 e. The van der Waals surface area contributed by atoms with Crippen LogP contribution in [0.25, 0.3) is 0 Å². The van der Waals surface area contributed by atoms with Crippen molar-refractivity contribution in [3.63, 3.8) is 0 Å². The third-order valence-electron chi connectivity index (χ3n) is 3.34. The molecule has 1 amide bonds. The lowest BCUT2D eigenvalue weighted by molar-refractivity contribution is -0.121. The highest BCUT2D eigenvalue weighted by Gasteiger charge is 2.13. The van der Waals surface area contributed by atoms with Gasteiger partial charge in [0.05, 0.1) is 19.6 Å². The summed E-state index contributed by atoms with van der Waals surface area (Å²) in [5.74, 6) is 0.557. The summed E-state index contributed by atoms with van der Waals surface area (Å²) in [7, 11) is 1.57. The highest BCUT2D eigenvalue weighted by atomic mass is 35.5. The van der Waals surface area contributed by atoms with Crippen LogP contribution in [-0.4, -0.2) is 13.0 Å². The molecular formula is C17H17Cl2NO2. The van der Waals surface area contributed by atoms with Crippen LogP contribution in [0, 0.1) is 0 Å². The average molecular weight is 338 g/mol. The van der Waals surface area contributed by atoms with E-state index >= 15 is 0 Å². The summed E-state index contributed by atoms with van der Waals surface area (Å²) in [6.45, 7) is 1.93. The number of halogens is 2. The highest BCUT2D eigenvalue weighted by Crippen LogP contribution is 2.23. The molecule has 0 unspecified atom stereocenters. The van der Waals surface area contributed by atoms with Crippen LogP contribution in [0.3, 0.4) is 0 Å². The fourth-order valence-electron chi connectivity index (χ4n) is 2.19. The predicted molar refractivity (Wildman–Crippen MR) is 89.7 cm³/mol. The molecule has 5 heteroatoms. The fraction of sp³-hybridized carbons (Fsp3) is 0.235. The highest BCUT2D eigenvalue weighted by molar-refractivity contribution is 6.30. The second kappa shape index (κ2) is 7.52. The van der Waals surface area contributed by atoms with Crippen molar-refractivity contribution in [2.75, 3.05) is 7.11 Å². The Kier molecular flexibility index (Phi) is 5.69. The van der Waals surface area contributed by atoms with Crippen LogP contribution >= 0.6 is 23.2 Å². The molecule has 0 aliphatic heterocycles. The second-order valence-corrected chi connectivity index (χ2v) is 5.85. The first-order chi connectivity index (χ1) is 10.5. The Morgan fingerprint density at radius 2 is 1.77 bits per heavy atom. The van der Waals surface area contributed by atoms with Gasteiger partial charge in [-0.25, -0.2) is 0 Å². The number of rotatable bonds is 5. The van der Waals surface area contributed by atoms with E-state index in [1.54, 1.807) is 37.4 Å². The third kappa shape index (κ3) is 4.39. The average Bonchev–Trinajstić information content (AvgIpc) is 2.48. The normalized spacial score (nSPS) is 11.8. The van der Waals surface area contributed by atoms with E-state index in [-0.39, 0.29) is 18.4 Å². The molecule has 1 atom stereocenters. The molecule has 0 spiro atoms. The van der Waals surface area contributed by atoms with Crippen LogP contribution in [0.2, 0.25) is 10.0 Å². The number of amides is 1. The molecule has 0 radical (unpaired) electrons. The maximum absolute atomic E-state index is 12.2. The van der Waals surface area contributed by atoms with Crippen LogP contribution < -0.4 is 10.1 Å². The van der Waals surface area contributed by atoms with Gasteiger partial charge in [-0.1, -0.05) is 35.3 Å². The molecule has 2 aromatic rings. The van der Waals surface area contributed by atoms with E-state index in [2.05, 4.69) is 5.32 Å². The molecule has 3 nitrogen and oxygen atoms in total. The first-order valence-corrected chi connectivity index (χ1v) is 7.62. The molecular weight excluding hydrogens is 321 g/mol. The Balaban J connectivity index is 2.03. The Morgan fingerprint density at radius 1 is 1.14 bits per heavy atom. The molecule has 116 valence electrons. The molecule has 0 saturated carbocycles. The van der Waals surface area contributed by atoms with Crippen molar-refractivity contribution < 1.29 is 9.53 Å². The molecule has 0 heterocycles. The maximum Gasteiger partial charge on any atom is 0.225 e. The van der Waals surface area contributed by atoms with E-state index in [1.165, 1.54) is 0 Å². The van der Waals surface area contributed by atoms with E-state index in [1.807, 2.05) is 19.1 Å². The second-order valence-electron chi connectivity index (χ2n) is 4.97. The van der Waals surface area contributed by atoms with E-state index in [9.17, 15) is 4.79 Å².